The van der Waals surface area contributed by atoms with E-state index in [9.17, 15) is 4.79 Å². The van der Waals surface area contributed by atoms with E-state index in [1.807, 2.05) is 0 Å². The molecule has 3 aliphatic rings. The van der Waals surface area contributed by atoms with Gasteiger partial charge in [0.1, 0.15) is 0 Å². The van der Waals surface area contributed by atoms with E-state index in [-0.39, 0.29) is 11.7 Å². The lowest BCUT2D eigenvalue weighted by atomic mass is 10.1. The van der Waals surface area contributed by atoms with Crippen molar-refractivity contribution in [2.75, 3.05) is 0 Å². The number of hydrogen-bond donors (Lipinski definition) is 0. The molecule has 3 aliphatic carbocycles. The summed E-state index contributed by atoms with van der Waals surface area (Å²) < 4.78 is 0. The highest BCUT2D eigenvalue weighted by Crippen LogP contribution is 2.79. The molecule has 0 N–H and O–H groups in total. The maximum absolute atomic E-state index is 11.1. The largest absolute Gasteiger partial charge is 0.361 e. The first kappa shape index (κ1) is 4.80. The molecule has 0 heterocycles. The topological polar surface area (TPSA) is 53.5 Å². The molecule has 3 heteroatoms. The van der Waals surface area contributed by atoms with Crippen LogP contribution in [0.15, 0.2) is 0 Å². The third kappa shape index (κ3) is 0.268. The summed E-state index contributed by atoms with van der Waals surface area (Å²) in [4.78, 5) is 14.2. The van der Waals surface area contributed by atoms with E-state index in [4.69, 9.17) is 5.53 Å². The van der Waals surface area contributed by atoms with E-state index in [1.165, 1.54) is 0 Å². The van der Waals surface area contributed by atoms with Crippen LogP contribution in [-0.2, 0) is 4.79 Å². The highest BCUT2D eigenvalue weighted by atomic mass is 16.1. The molecule has 0 aromatic rings. The average Bonchev–Trinajstić information content (AvgIpc) is 2.75. The minimum atomic E-state index is 0.110. The lowest BCUT2D eigenvalue weighted by Crippen LogP contribution is -2.14. The van der Waals surface area contributed by atoms with Crippen LogP contribution in [0.1, 0.15) is 12.8 Å². The van der Waals surface area contributed by atoms with Gasteiger partial charge in [0.25, 0.3) is 0 Å². The molecule has 0 radical (unpaired) electrons. The van der Waals surface area contributed by atoms with E-state index in [2.05, 4.69) is 4.79 Å². The third-order valence-electron chi connectivity index (χ3n) is 3.24. The highest BCUT2D eigenvalue weighted by molar-refractivity contribution is 6.44. The number of carbonyl (C=O) groups excluding carboxylic acids is 1. The number of hydrogen-bond acceptors (Lipinski definition) is 1. The summed E-state index contributed by atoms with van der Waals surface area (Å²) >= 11 is 0. The van der Waals surface area contributed by atoms with Crippen LogP contribution in [0.25, 0.3) is 5.53 Å². The maximum atomic E-state index is 11.1. The van der Waals surface area contributed by atoms with Gasteiger partial charge in [0, 0.05) is 5.92 Å². The Morgan fingerprint density at radius 2 is 2.20 bits per heavy atom. The standard InChI is InChI=1S/C7H6N2O/c8-9-5-3-1-7(3)2-4(7)6(5)10/h3-4H,1-2H2. The zero-order valence-corrected chi connectivity index (χ0v) is 5.37. The van der Waals surface area contributed by atoms with Crippen LogP contribution in [-0.4, -0.2) is 16.3 Å². The minimum Gasteiger partial charge on any atom is -0.361 e. The highest BCUT2D eigenvalue weighted by Gasteiger charge is 2.84. The molecule has 0 aliphatic heterocycles. The van der Waals surface area contributed by atoms with Gasteiger partial charge < -0.3 is 5.53 Å². The van der Waals surface area contributed by atoms with Gasteiger partial charge in [-0.2, -0.15) is 4.79 Å². The summed E-state index contributed by atoms with van der Waals surface area (Å²) in [6.45, 7) is 0. The van der Waals surface area contributed by atoms with Crippen molar-refractivity contribution in [1.29, 1.82) is 0 Å². The fourth-order valence-corrected chi connectivity index (χ4v) is 2.44. The fraction of sp³-hybridized carbons (Fsp3) is 0.714. The summed E-state index contributed by atoms with van der Waals surface area (Å²) in [7, 11) is 0. The Morgan fingerprint density at radius 1 is 1.50 bits per heavy atom. The Hall–Kier alpha value is -0.950. The lowest BCUT2D eigenvalue weighted by molar-refractivity contribution is -0.118. The summed E-state index contributed by atoms with van der Waals surface area (Å²) in [6.07, 6.45) is 2.16. The summed E-state index contributed by atoms with van der Waals surface area (Å²) in [5.41, 5.74) is 9.22. The smallest absolute Gasteiger partial charge is 0.338 e. The Labute approximate surface area is 57.7 Å². The van der Waals surface area contributed by atoms with Crippen LogP contribution < -0.4 is 0 Å². The SMILES string of the molecule is [N-]=[N+]=C1C(=O)C2CC23CC13. The summed E-state index contributed by atoms with van der Waals surface area (Å²) in [5, 5.41) is 0. The van der Waals surface area contributed by atoms with E-state index in [0.717, 1.165) is 12.8 Å². The molecule has 3 nitrogen and oxygen atoms in total. The predicted molar refractivity (Wildman–Crippen MR) is 32.3 cm³/mol. The van der Waals surface area contributed by atoms with Crippen molar-refractivity contribution in [3.05, 3.63) is 5.53 Å². The molecule has 0 aromatic heterocycles. The molecule has 3 fully saturated rings. The summed E-state index contributed by atoms with van der Waals surface area (Å²) in [5.74, 6) is 0.706. The Balaban J connectivity index is 2.19. The predicted octanol–water partition coefficient (Wildman–Crippen LogP) is 0.266. The normalized spacial score (nSPS) is 53.6. The zero-order chi connectivity index (χ0) is 6.93. The molecule has 0 saturated heterocycles. The Morgan fingerprint density at radius 3 is 2.60 bits per heavy atom. The lowest BCUT2D eigenvalue weighted by Gasteiger charge is -1.82. The van der Waals surface area contributed by atoms with Gasteiger partial charge in [-0.1, -0.05) is 0 Å². The second-order valence-electron chi connectivity index (χ2n) is 3.60. The molecule has 1 spiro atoms. The molecule has 0 aromatic carbocycles. The Kier molecular flexibility index (Phi) is 0.478. The number of carbonyl (C=O) groups is 1. The van der Waals surface area contributed by atoms with Crippen LogP contribution in [0.5, 0.6) is 0 Å². The average molecular weight is 134 g/mol. The molecule has 3 atom stereocenters. The van der Waals surface area contributed by atoms with Gasteiger partial charge in [-0.05, 0) is 18.3 Å². The van der Waals surface area contributed by atoms with E-state index in [0.29, 0.717) is 17.0 Å². The summed E-state index contributed by atoms with van der Waals surface area (Å²) in [6, 6.07) is 0. The molecule has 0 bridgehead atoms. The molecular weight excluding hydrogens is 128 g/mol. The Bertz CT molecular complexity index is 303. The number of ketones is 1. The quantitative estimate of drug-likeness (QED) is 0.346. The van der Waals surface area contributed by atoms with E-state index >= 15 is 0 Å². The first-order chi connectivity index (χ1) is 4.79. The first-order valence-electron chi connectivity index (χ1n) is 3.56. The van der Waals surface area contributed by atoms with Gasteiger partial charge in [-0.15, -0.1) is 0 Å². The van der Waals surface area contributed by atoms with Crippen LogP contribution in [0.4, 0.5) is 0 Å². The third-order valence-corrected chi connectivity index (χ3v) is 3.24. The molecule has 50 valence electrons. The van der Waals surface area contributed by atoms with Crippen LogP contribution >= 0.6 is 0 Å². The number of nitrogens with zero attached hydrogens (tertiary/aromatic N) is 2. The number of rotatable bonds is 0. The molecule has 0 amide bonds. The van der Waals surface area contributed by atoms with Gasteiger partial charge in [-0.25, -0.2) is 0 Å². The van der Waals surface area contributed by atoms with Crippen molar-refractivity contribution < 1.29 is 9.58 Å². The molecule has 10 heavy (non-hydrogen) atoms. The van der Waals surface area contributed by atoms with Gasteiger partial charge in [0.2, 0.25) is 5.78 Å². The van der Waals surface area contributed by atoms with Crippen LogP contribution in [0.3, 0.4) is 0 Å². The maximum Gasteiger partial charge on any atom is 0.338 e. The van der Waals surface area contributed by atoms with Crippen LogP contribution in [0.2, 0.25) is 0 Å². The van der Waals surface area contributed by atoms with Crippen molar-refractivity contribution >= 4 is 11.5 Å². The monoisotopic (exact) mass is 134 g/mol. The zero-order valence-electron chi connectivity index (χ0n) is 5.37. The van der Waals surface area contributed by atoms with Gasteiger partial charge in [0.15, 0.2) is 0 Å². The van der Waals surface area contributed by atoms with Gasteiger partial charge >= 0.3 is 5.71 Å². The van der Waals surface area contributed by atoms with Crippen molar-refractivity contribution in [3.63, 3.8) is 0 Å². The molecular formula is C7H6N2O. The first-order valence-corrected chi connectivity index (χ1v) is 3.56. The molecule has 3 unspecified atom stereocenters. The van der Waals surface area contributed by atoms with Crippen LogP contribution in [0, 0.1) is 17.3 Å². The molecule has 3 saturated carbocycles. The van der Waals surface area contributed by atoms with E-state index < -0.39 is 0 Å². The molecule has 3 rings (SSSR count). The fourth-order valence-electron chi connectivity index (χ4n) is 2.44. The van der Waals surface area contributed by atoms with Gasteiger partial charge in [-0.3, -0.25) is 4.79 Å². The minimum absolute atomic E-state index is 0.110. The van der Waals surface area contributed by atoms with Crippen molar-refractivity contribution in [3.8, 4) is 0 Å². The second kappa shape index (κ2) is 0.995. The van der Waals surface area contributed by atoms with Crippen molar-refractivity contribution in [2.24, 2.45) is 17.3 Å². The second-order valence-corrected chi connectivity index (χ2v) is 3.60. The number of Topliss-reactive ketones (excluding diaryl/α,β-unsaturated/α-hetero) is 1. The van der Waals surface area contributed by atoms with Gasteiger partial charge in [0.05, 0.1) is 5.92 Å². The van der Waals surface area contributed by atoms with Crippen molar-refractivity contribution in [1.82, 2.24) is 0 Å². The van der Waals surface area contributed by atoms with E-state index in [1.54, 1.807) is 0 Å². The van der Waals surface area contributed by atoms with Crippen molar-refractivity contribution in [2.45, 2.75) is 12.8 Å².